The second kappa shape index (κ2) is 8.79. The molecule has 1 atom stereocenters. The van der Waals surface area contributed by atoms with Crippen LogP contribution in [0.25, 0.3) is 21.8 Å². The van der Waals surface area contributed by atoms with Gasteiger partial charge in [-0.15, -0.1) is 10.2 Å². The molecule has 0 unspecified atom stereocenters. The third kappa shape index (κ3) is 4.32. The standard InChI is InChI=1S/C26H29N7O/c1-26(2,27)25(34)31-23(13-18-15-29-22-10-6-4-8-20(18)22)24-32-30-16-33(24)12-11-17-14-28-21-9-5-3-7-19(17)21/h3-10,14-16,23,28-29H,11-13,27H2,1-2H3,(H,31,34)/t23-/m1/s1. The third-order valence-corrected chi connectivity index (χ3v) is 6.24. The highest BCUT2D eigenvalue weighted by atomic mass is 16.2. The van der Waals surface area contributed by atoms with Crippen molar-refractivity contribution in [2.24, 2.45) is 5.73 Å². The quantitative estimate of drug-likeness (QED) is 0.286. The van der Waals surface area contributed by atoms with Crippen molar-refractivity contribution in [2.75, 3.05) is 0 Å². The second-order valence-electron chi connectivity index (χ2n) is 9.30. The zero-order valence-electron chi connectivity index (χ0n) is 19.4. The Kier molecular flexibility index (Phi) is 5.67. The lowest BCUT2D eigenvalue weighted by molar-refractivity contribution is -0.126. The van der Waals surface area contributed by atoms with Gasteiger partial charge in [0.25, 0.3) is 0 Å². The number of carbonyl (C=O) groups excluding carboxylic acids is 1. The number of hydrogen-bond donors (Lipinski definition) is 4. The Morgan fingerprint density at radius 3 is 2.32 bits per heavy atom. The lowest BCUT2D eigenvalue weighted by atomic mass is 10.0. The largest absolute Gasteiger partial charge is 0.361 e. The fraction of sp³-hybridized carbons (Fsp3) is 0.269. The van der Waals surface area contributed by atoms with Gasteiger partial charge in [-0.05, 0) is 43.5 Å². The molecule has 0 aliphatic rings. The molecule has 5 rings (SSSR count). The van der Waals surface area contributed by atoms with Crippen LogP contribution in [0, 0.1) is 0 Å². The smallest absolute Gasteiger partial charge is 0.240 e. The second-order valence-corrected chi connectivity index (χ2v) is 9.30. The topological polar surface area (TPSA) is 117 Å². The number of fused-ring (bicyclic) bond motifs is 2. The van der Waals surface area contributed by atoms with Crippen molar-refractivity contribution in [1.82, 2.24) is 30.0 Å². The summed E-state index contributed by atoms with van der Waals surface area (Å²) in [5.74, 6) is 0.478. The molecule has 3 aromatic heterocycles. The summed E-state index contributed by atoms with van der Waals surface area (Å²) in [6.45, 7) is 4.09. The molecule has 0 fully saturated rings. The highest BCUT2D eigenvalue weighted by molar-refractivity contribution is 5.86. The highest BCUT2D eigenvalue weighted by Gasteiger charge is 2.28. The molecule has 0 saturated heterocycles. The van der Waals surface area contributed by atoms with Gasteiger partial charge in [-0.25, -0.2) is 0 Å². The lowest BCUT2D eigenvalue weighted by Gasteiger charge is -2.24. The number of aromatic nitrogens is 5. The Labute approximate surface area is 197 Å². The normalized spacial score (nSPS) is 12.9. The van der Waals surface area contributed by atoms with Crippen molar-refractivity contribution < 1.29 is 4.79 Å². The number of carbonyl (C=O) groups is 1. The summed E-state index contributed by atoms with van der Waals surface area (Å²) >= 11 is 0. The molecule has 0 aliphatic carbocycles. The van der Waals surface area contributed by atoms with Gasteiger partial charge in [0, 0.05) is 47.2 Å². The van der Waals surface area contributed by atoms with E-state index in [2.05, 4.69) is 49.9 Å². The number of amides is 1. The lowest BCUT2D eigenvalue weighted by Crippen LogP contribution is -2.50. The van der Waals surface area contributed by atoms with E-state index in [-0.39, 0.29) is 11.9 Å². The SMILES string of the molecule is CC(C)(N)C(=O)N[C@H](Cc1c[nH]c2ccccc12)c1nncn1CCc1c[nH]c2ccccc12. The number of nitrogens with zero attached hydrogens (tertiary/aromatic N) is 3. The molecule has 174 valence electrons. The zero-order chi connectivity index (χ0) is 23.7. The first-order valence-corrected chi connectivity index (χ1v) is 11.5. The third-order valence-electron chi connectivity index (χ3n) is 6.24. The van der Waals surface area contributed by atoms with E-state index in [1.54, 1.807) is 20.2 Å². The zero-order valence-corrected chi connectivity index (χ0v) is 19.4. The number of rotatable bonds is 8. The van der Waals surface area contributed by atoms with E-state index in [1.807, 2.05) is 41.1 Å². The van der Waals surface area contributed by atoms with Gasteiger partial charge in [0.1, 0.15) is 6.33 Å². The van der Waals surface area contributed by atoms with Crippen LogP contribution in [-0.2, 0) is 24.2 Å². The molecule has 5 N–H and O–H groups in total. The number of H-pyrrole nitrogens is 2. The molecule has 0 aliphatic heterocycles. The fourth-order valence-corrected chi connectivity index (χ4v) is 4.36. The van der Waals surface area contributed by atoms with Crippen molar-refractivity contribution in [1.29, 1.82) is 0 Å². The minimum absolute atomic E-state index is 0.233. The van der Waals surface area contributed by atoms with Crippen LogP contribution in [0.15, 0.2) is 67.3 Å². The van der Waals surface area contributed by atoms with Gasteiger partial charge in [-0.1, -0.05) is 36.4 Å². The maximum absolute atomic E-state index is 12.9. The first-order valence-electron chi connectivity index (χ1n) is 11.5. The van der Waals surface area contributed by atoms with Gasteiger partial charge in [0.05, 0.1) is 11.6 Å². The van der Waals surface area contributed by atoms with E-state index >= 15 is 0 Å². The summed E-state index contributed by atoms with van der Waals surface area (Å²) in [4.78, 5) is 19.5. The molecule has 0 spiro atoms. The van der Waals surface area contributed by atoms with Crippen LogP contribution < -0.4 is 11.1 Å². The van der Waals surface area contributed by atoms with Crippen molar-refractivity contribution in [2.45, 2.75) is 44.8 Å². The van der Waals surface area contributed by atoms with Gasteiger partial charge in [-0.2, -0.15) is 0 Å². The summed E-state index contributed by atoms with van der Waals surface area (Å²) in [6.07, 6.45) is 7.15. The highest BCUT2D eigenvalue weighted by Crippen LogP contribution is 2.25. The van der Waals surface area contributed by atoms with Crippen LogP contribution in [0.5, 0.6) is 0 Å². The summed E-state index contributed by atoms with van der Waals surface area (Å²) in [6, 6.07) is 16.0. The molecule has 2 aromatic carbocycles. The molecule has 5 aromatic rings. The van der Waals surface area contributed by atoms with Crippen LogP contribution in [0.1, 0.15) is 36.8 Å². The van der Waals surface area contributed by atoms with Gasteiger partial charge in [0.15, 0.2) is 5.82 Å². The summed E-state index contributed by atoms with van der Waals surface area (Å²) in [5.41, 5.74) is 9.60. The van der Waals surface area contributed by atoms with E-state index < -0.39 is 5.54 Å². The van der Waals surface area contributed by atoms with E-state index in [4.69, 9.17) is 5.73 Å². The van der Waals surface area contributed by atoms with Gasteiger partial charge in [0.2, 0.25) is 5.91 Å². The van der Waals surface area contributed by atoms with Crippen molar-refractivity contribution in [3.8, 4) is 0 Å². The van der Waals surface area contributed by atoms with Crippen molar-refractivity contribution in [3.63, 3.8) is 0 Å². The van der Waals surface area contributed by atoms with E-state index in [9.17, 15) is 4.79 Å². The Morgan fingerprint density at radius 1 is 1.03 bits per heavy atom. The Balaban J connectivity index is 1.43. The van der Waals surface area contributed by atoms with Gasteiger partial charge < -0.3 is 25.6 Å². The van der Waals surface area contributed by atoms with E-state index in [0.29, 0.717) is 18.8 Å². The maximum atomic E-state index is 12.9. The molecule has 0 saturated carbocycles. The van der Waals surface area contributed by atoms with Crippen LogP contribution in [0.3, 0.4) is 0 Å². The number of para-hydroxylation sites is 2. The number of aromatic amines is 2. The first-order chi connectivity index (χ1) is 16.4. The summed E-state index contributed by atoms with van der Waals surface area (Å²) in [5, 5.41) is 14.1. The van der Waals surface area contributed by atoms with Crippen LogP contribution in [0.4, 0.5) is 0 Å². The predicted molar refractivity (Wildman–Crippen MR) is 133 cm³/mol. The Morgan fingerprint density at radius 2 is 1.65 bits per heavy atom. The minimum Gasteiger partial charge on any atom is -0.361 e. The molecular weight excluding hydrogens is 426 g/mol. The molecule has 8 heteroatoms. The average molecular weight is 456 g/mol. The number of nitrogens with one attached hydrogen (secondary N) is 3. The van der Waals surface area contributed by atoms with Crippen LogP contribution in [-0.4, -0.2) is 36.2 Å². The van der Waals surface area contributed by atoms with Gasteiger partial charge >= 0.3 is 0 Å². The number of benzene rings is 2. The van der Waals surface area contributed by atoms with E-state index in [0.717, 1.165) is 28.4 Å². The average Bonchev–Trinajstić information content (AvgIpc) is 3.55. The molecular formula is C26H29N7O. The fourth-order valence-electron chi connectivity index (χ4n) is 4.36. The summed E-state index contributed by atoms with van der Waals surface area (Å²) in [7, 11) is 0. The van der Waals surface area contributed by atoms with Crippen LogP contribution in [0.2, 0.25) is 0 Å². The number of nitrogens with two attached hydrogens (primary N) is 1. The number of hydrogen-bond acceptors (Lipinski definition) is 4. The molecule has 3 heterocycles. The van der Waals surface area contributed by atoms with E-state index in [1.165, 1.54) is 10.9 Å². The molecule has 8 nitrogen and oxygen atoms in total. The van der Waals surface area contributed by atoms with Crippen molar-refractivity contribution >= 4 is 27.7 Å². The summed E-state index contributed by atoms with van der Waals surface area (Å²) < 4.78 is 2.02. The van der Waals surface area contributed by atoms with Gasteiger partial charge in [-0.3, -0.25) is 4.79 Å². The van der Waals surface area contributed by atoms with Crippen LogP contribution >= 0.6 is 0 Å². The monoisotopic (exact) mass is 455 g/mol. The molecule has 1 amide bonds. The van der Waals surface area contributed by atoms with Crippen molar-refractivity contribution in [3.05, 3.63) is 84.2 Å². The number of aryl methyl sites for hydroxylation is 2. The Hall–Kier alpha value is -3.91. The predicted octanol–water partition coefficient (Wildman–Crippen LogP) is 3.62. The first kappa shape index (κ1) is 21.9. The maximum Gasteiger partial charge on any atom is 0.240 e. The Bertz CT molecular complexity index is 1440. The molecule has 34 heavy (non-hydrogen) atoms. The molecule has 0 radical (unpaired) electrons. The molecule has 0 bridgehead atoms. The minimum atomic E-state index is -1.01.